The standard InChI is InChI=1S/C23H28FN5.HI/c1-17-9-10-20(15-21(17)24)18(2)28-23(25-3)27-16-22-26-12-14-29(22)13-11-19-7-5-4-6-8-19;/h4-10,12,14-15,18H,11,13,16H2,1-3H3,(H2,25,27,28);1H. The van der Waals surface area contributed by atoms with Gasteiger partial charge in [-0.2, -0.15) is 0 Å². The summed E-state index contributed by atoms with van der Waals surface area (Å²) in [6.45, 7) is 5.16. The molecule has 1 atom stereocenters. The molecular weight excluding hydrogens is 492 g/mol. The second-order valence-electron chi connectivity index (χ2n) is 7.07. The van der Waals surface area contributed by atoms with Crippen LogP contribution in [0.25, 0.3) is 0 Å². The van der Waals surface area contributed by atoms with Gasteiger partial charge in [-0.3, -0.25) is 4.99 Å². The lowest BCUT2D eigenvalue weighted by atomic mass is 10.1. The molecule has 5 nitrogen and oxygen atoms in total. The second-order valence-corrected chi connectivity index (χ2v) is 7.07. The van der Waals surface area contributed by atoms with Crippen LogP contribution in [0.5, 0.6) is 0 Å². The van der Waals surface area contributed by atoms with Crippen molar-refractivity contribution >= 4 is 29.9 Å². The molecule has 0 aliphatic carbocycles. The number of aryl methyl sites for hydroxylation is 3. The number of benzene rings is 2. The van der Waals surface area contributed by atoms with Gasteiger partial charge in [-0.15, -0.1) is 24.0 Å². The molecule has 0 saturated heterocycles. The Hall–Kier alpha value is -2.42. The average molecular weight is 521 g/mol. The molecule has 3 aromatic rings. The minimum absolute atomic E-state index is 0. The highest BCUT2D eigenvalue weighted by molar-refractivity contribution is 14.0. The Kier molecular flexibility index (Phi) is 9.29. The molecule has 2 N–H and O–H groups in total. The van der Waals surface area contributed by atoms with Gasteiger partial charge in [0.05, 0.1) is 12.6 Å². The third kappa shape index (κ3) is 6.55. The summed E-state index contributed by atoms with van der Waals surface area (Å²) in [5.74, 6) is 1.40. The highest BCUT2D eigenvalue weighted by Crippen LogP contribution is 2.16. The van der Waals surface area contributed by atoms with Crippen molar-refractivity contribution in [2.75, 3.05) is 7.05 Å². The van der Waals surface area contributed by atoms with Crippen LogP contribution in [0.1, 0.15) is 35.5 Å². The summed E-state index contributed by atoms with van der Waals surface area (Å²) in [7, 11) is 1.72. The first-order chi connectivity index (χ1) is 14.1. The molecule has 1 heterocycles. The largest absolute Gasteiger partial charge is 0.350 e. The fourth-order valence-electron chi connectivity index (χ4n) is 3.13. The Morgan fingerprint density at radius 3 is 2.67 bits per heavy atom. The Morgan fingerprint density at radius 2 is 1.97 bits per heavy atom. The van der Waals surface area contributed by atoms with Gasteiger partial charge in [-0.05, 0) is 43.0 Å². The van der Waals surface area contributed by atoms with E-state index in [0.717, 1.165) is 24.4 Å². The number of imidazole rings is 1. The molecule has 1 unspecified atom stereocenters. The lowest BCUT2D eigenvalue weighted by Crippen LogP contribution is -2.38. The molecule has 0 aliphatic rings. The minimum Gasteiger partial charge on any atom is -0.350 e. The molecule has 160 valence electrons. The molecule has 0 saturated carbocycles. The topological polar surface area (TPSA) is 54.2 Å². The minimum atomic E-state index is -0.195. The molecule has 0 aliphatic heterocycles. The summed E-state index contributed by atoms with van der Waals surface area (Å²) in [4.78, 5) is 8.74. The van der Waals surface area contributed by atoms with Crippen LogP contribution in [0, 0.1) is 12.7 Å². The van der Waals surface area contributed by atoms with Crippen molar-refractivity contribution in [3.05, 3.63) is 89.3 Å². The van der Waals surface area contributed by atoms with Crippen molar-refractivity contribution < 1.29 is 4.39 Å². The smallest absolute Gasteiger partial charge is 0.191 e. The van der Waals surface area contributed by atoms with Crippen LogP contribution in [-0.4, -0.2) is 22.6 Å². The van der Waals surface area contributed by atoms with E-state index >= 15 is 0 Å². The average Bonchev–Trinajstić information content (AvgIpc) is 3.19. The van der Waals surface area contributed by atoms with Crippen molar-refractivity contribution in [1.29, 1.82) is 0 Å². The Bertz CT molecular complexity index is 955. The predicted molar refractivity (Wildman–Crippen MR) is 131 cm³/mol. The van der Waals surface area contributed by atoms with Crippen molar-refractivity contribution in [3.8, 4) is 0 Å². The zero-order valence-electron chi connectivity index (χ0n) is 17.6. The zero-order chi connectivity index (χ0) is 20.6. The first-order valence-corrected chi connectivity index (χ1v) is 9.84. The van der Waals surface area contributed by atoms with Gasteiger partial charge < -0.3 is 15.2 Å². The molecule has 0 radical (unpaired) electrons. The molecule has 0 fully saturated rings. The van der Waals surface area contributed by atoms with Crippen molar-refractivity contribution in [2.24, 2.45) is 4.99 Å². The Labute approximate surface area is 194 Å². The Balaban J connectivity index is 0.00000320. The summed E-state index contributed by atoms with van der Waals surface area (Å²) >= 11 is 0. The molecule has 7 heteroatoms. The Morgan fingerprint density at radius 1 is 1.20 bits per heavy atom. The molecule has 3 rings (SSSR count). The summed E-state index contributed by atoms with van der Waals surface area (Å²) in [6, 6.07) is 15.6. The fraction of sp³-hybridized carbons (Fsp3) is 0.304. The number of halogens is 2. The molecule has 0 spiro atoms. The second kappa shape index (κ2) is 11.7. The summed E-state index contributed by atoms with van der Waals surface area (Å²) in [6.07, 6.45) is 4.76. The maximum absolute atomic E-state index is 13.8. The van der Waals surface area contributed by atoms with Crippen molar-refractivity contribution in [2.45, 2.75) is 39.4 Å². The van der Waals surface area contributed by atoms with E-state index in [-0.39, 0.29) is 35.8 Å². The highest BCUT2D eigenvalue weighted by atomic mass is 127. The van der Waals surface area contributed by atoms with Gasteiger partial charge in [-0.25, -0.2) is 9.37 Å². The number of nitrogens with zero attached hydrogens (tertiary/aromatic N) is 3. The summed E-state index contributed by atoms with van der Waals surface area (Å²) in [5, 5.41) is 6.60. The van der Waals surface area contributed by atoms with E-state index in [1.807, 2.05) is 31.5 Å². The zero-order valence-corrected chi connectivity index (χ0v) is 19.9. The molecule has 0 amide bonds. The van der Waals surface area contributed by atoms with Gasteiger partial charge in [-0.1, -0.05) is 42.5 Å². The van der Waals surface area contributed by atoms with Gasteiger partial charge in [0.2, 0.25) is 0 Å². The van der Waals surface area contributed by atoms with Crippen LogP contribution in [-0.2, 0) is 19.5 Å². The van der Waals surface area contributed by atoms with Crippen LogP contribution in [0.4, 0.5) is 4.39 Å². The number of rotatable bonds is 7. The summed E-state index contributed by atoms with van der Waals surface area (Å²) in [5.41, 5.74) is 2.82. The molecule has 30 heavy (non-hydrogen) atoms. The van der Waals surface area contributed by atoms with Crippen LogP contribution in [0.15, 0.2) is 65.9 Å². The summed E-state index contributed by atoms with van der Waals surface area (Å²) < 4.78 is 16.0. The van der Waals surface area contributed by atoms with Gasteiger partial charge in [0.15, 0.2) is 5.96 Å². The van der Waals surface area contributed by atoms with E-state index < -0.39 is 0 Å². The van der Waals surface area contributed by atoms with Gasteiger partial charge in [0.1, 0.15) is 11.6 Å². The molecule has 2 aromatic carbocycles. The van der Waals surface area contributed by atoms with Crippen molar-refractivity contribution in [3.63, 3.8) is 0 Å². The number of aromatic nitrogens is 2. The molecule has 1 aromatic heterocycles. The van der Waals surface area contributed by atoms with E-state index in [1.165, 1.54) is 5.56 Å². The molecule has 0 bridgehead atoms. The first-order valence-electron chi connectivity index (χ1n) is 9.84. The van der Waals surface area contributed by atoms with Gasteiger partial charge in [0, 0.05) is 26.0 Å². The van der Waals surface area contributed by atoms with E-state index in [4.69, 9.17) is 0 Å². The van der Waals surface area contributed by atoms with Gasteiger partial charge >= 0.3 is 0 Å². The van der Waals surface area contributed by atoms with E-state index in [2.05, 4.69) is 49.4 Å². The third-order valence-corrected chi connectivity index (χ3v) is 4.97. The van der Waals surface area contributed by atoms with Crippen LogP contribution in [0.2, 0.25) is 0 Å². The highest BCUT2D eigenvalue weighted by Gasteiger charge is 2.11. The maximum Gasteiger partial charge on any atom is 0.191 e. The predicted octanol–water partition coefficient (Wildman–Crippen LogP) is 4.62. The number of hydrogen-bond donors (Lipinski definition) is 2. The SMILES string of the molecule is CN=C(NCc1nccn1CCc1ccccc1)NC(C)c1ccc(C)c(F)c1.I. The monoisotopic (exact) mass is 521 g/mol. The number of aliphatic imine (C=N–C) groups is 1. The van der Waals surface area contributed by atoms with E-state index in [9.17, 15) is 4.39 Å². The first kappa shape index (κ1) is 23.9. The fourth-order valence-corrected chi connectivity index (χ4v) is 3.13. The maximum atomic E-state index is 13.8. The molecular formula is C23H29FIN5. The van der Waals surface area contributed by atoms with Crippen LogP contribution >= 0.6 is 24.0 Å². The number of nitrogens with one attached hydrogen (secondary N) is 2. The lowest BCUT2D eigenvalue weighted by Gasteiger charge is -2.19. The van der Waals surface area contributed by atoms with Crippen LogP contribution < -0.4 is 10.6 Å². The third-order valence-electron chi connectivity index (χ3n) is 4.97. The van der Waals surface area contributed by atoms with Crippen LogP contribution in [0.3, 0.4) is 0 Å². The van der Waals surface area contributed by atoms with Gasteiger partial charge in [0.25, 0.3) is 0 Å². The normalized spacial score (nSPS) is 12.2. The van der Waals surface area contributed by atoms with E-state index in [0.29, 0.717) is 18.1 Å². The quantitative estimate of drug-likeness (QED) is 0.271. The number of hydrogen-bond acceptors (Lipinski definition) is 2. The lowest BCUT2D eigenvalue weighted by molar-refractivity contribution is 0.605. The number of guanidine groups is 1. The van der Waals surface area contributed by atoms with Crippen molar-refractivity contribution in [1.82, 2.24) is 20.2 Å². The van der Waals surface area contributed by atoms with E-state index in [1.54, 1.807) is 26.1 Å².